The maximum atomic E-state index is 4.33. The first-order chi connectivity index (χ1) is 7.27. The topological polar surface area (TPSA) is 16.1 Å². The van der Waals surface area contributed by atoms with Crippen molar-refractivity contribution in [2.75, 3.05) is 13.1 Å². The van der Waals surface area contributed by atoms with Gasteiger partial charge in [0.25, 0.3) is 0 Å². The van der Waals surface area contributed by atoms with Gasteiger partial charge < -0.3 is 0 Å². The second kappa shape index (κ2) is 6.57. The van der Waals surface area contributed by atoms with Crippen molar-refractivity contribution in [3.05, 3.63) is 29.6 Å². The Kier molecular flexibility index (Phi) is 5.33. The standard InChI is InChI=1S/C13H22N2/c1-4-9-15(10-5-2)11-13-7-6-8-14-12(13)3/h6-8H,4-5,9-11H2,1-3H3. The third-order valence-electron chi connectivity index (χ3n) is 2.59. The summed E-state index contributed by atoms with van der Waals surface area (Å²) < 4.78 is 0. The first-order valence-corrected chi connectivity index (χ1v) is 5.90. The van der Waals surface area contributed by atoms with Crippen molar-refractivity contribution in [3.8, 4) is 0 Å². The summed E-state index contributed by atoms with van der Waals surface area (Å²) in [6.45, 7) is 9.97. The fraction of sp³-hybridized carbons (Fsp3) is 0.615. The summed E-state index contributed by atoms with van der Waals surface area (Å²) >= 11 is 0. The van der Waals surface area contributed by atoms with Crippen molar-refractivity contribution in [2.24, 2.45) is 0 Å². The van der Waals surface area contributed by atoms with Gasteiger partial charge in [-0.2, -0.15) is 0 Å². The van der Waals surface area contributed by atoms with Gasteiger partial charge in [0, 0.05) is 18.4 Å². The largest absolute Gasteiger partial charge is 0.299 e. The Hall–Kier alpha value is -0.890. The second-order valence-corrected chi connectivity index (χ2v) is 4.02. The van der Waals surface area contributed by atoms with Crippen LogP contribution in [0.25, 0.3) is 0 Å². The average molecular weight is 206 g/mol. The van der Waals surface area contributed by atoms with Crippen LogP contribution in [-0.4, -0.2) is 23.0 Å². The molecular weight excluding hydrogens is 184 g/mol. The summed E-state index contributed by atoms with van der Waals surface area (Å²) in [5.41, 5.74) is 2.52. The fourth-order valence-electron chi connectivity index (χ4n) is 1.83. The third kappa shape index (κ3) is 4.00. The van der Waals surface area contributed by atoms with E-state index in [2.05, 4.69) is 36.7 Å². The second-order valence-electron chi connectivity index (χ2n) is 4.02. The molecule has 0 saturated heterocycles. The first kappa shape index (κ1) is 12.2. The highest BCUT2D eigenvalue weighted by atomic mass is 15.1. The summed E-state index contributed by atoms with van der Waals surface area (Å²) in [5.74, 6) is 0. The molecule has 0 aromatic carbocycles. The predicted octanol–water partition coefficient (Wildman–Crippen LogP) is 3.01. The molecule has 1 aromatic heterocycles. The van der Waals surface area contributed by atoms with E-state index in [1.807, 2.05) is 12.3 Å². The zero-order chi connectivity index (χ0) is 11.1. The number of aromatic nitrogens is 1. The maximum Gasteiger partial charge on any atom is 0.0417 e. The highest BCUT2D eigenvalue weighted by Crippen LogP contribution is 2.08. The Morgan fingerprint density at radius 3 is 2.40 bits per heavy atom. The van der Waals surface area contributed by atoms with Gasteiger partial charge in [-0.1, -0.05) is 19.9 Å². The Balaban J connectivity index is 2.60. The van der Waals surface area contributed by atoms with Crippen molar-refractivity contribution in [1.82, 2.24) is 9.88 Å². The molecule has 84 valence electrons. The van der Waals surface area contributed by atoms with Gasteiger partial charge in [-0.25, -0.2) is 0 Å². The molecule has 0 radical (unpaired) electrons. The van der Waals surface area contributed by atoms with E-state index in [0.717, 1.165) is 12.2 Å². The molecule has 2 nitrogen and oxygen atoms in total. The summed E-state index contributed by atoms with van der Waals surface area (Å²) in [7, 11) is 0. The number of hydrogen-bond donors (Lipinski definition) is 0. The van der Waals surface area contributed by atoms with E-state index in [9.17, 15) is 0 Å². The Morgan fingerprint density at radius 1 is 1.20 bits per heavy atom. The number of hydrogen-bond acceptors (Lipinski definition) is 2. The highest BCUT2D eigenvalue weighted by molar-refractivity contribution is 5.17. The molecule has 0 spiro atoms. The molecule has 2 heteroatoms. The number of pyridine rings is 1. The van der Waals surface area contributed by atoms with Crippen molar-refractivity contribution < 1.29 is 0 Å². The lowest BCUT2D eigenvalue weighted by Crippen LogP contribution is -2.25. The summed E-state index contributed by atoms with van der Waals surface area (Å²) in [6, 6.07) is 4.21. The molecule has 15 heavy (non-hydrogen) atoms. The van der Waals surface area contributed by atoms with Gasteiger partial charge in [0.2, 0.25) is 0 Å². The van der Waals surface area contributed by atoms with Crippen LogP contribution in [0.2, 0.25) is 0 Å². The molecule has 0 atom stereocenters. The van der Waals surface area contributed by atoms with Crippen molar-refractivity contribution in [2.45, 2.75) is 40.2 Å². The zero-order valence-corrected chi connectivity index (χ0v) is 10.2. The molecule has 0 aliphatic carbocycles. The Morgan fingerprint density at radius 2 is 1.87 bits per heavy atom. The molecule has 1 aromatic rings. The van der Waals surface area contributed by atoms with Crippen LogP contribution in [0.15, 0.2) is 18.3 Å². The monoisotopic (exact) mass is 206 g/mol. The van der Waals surface area contributed by atoms with Crippen LogP contribution in [-0.2, 0) is 6.54 Å². The zero-order valence-electron chi connectivity index (χ0n) is 10.2. The molecule has 0 fully saturated rings. The Labute approximate surface area is 93.3 Å². The summed E-state index contributed by atoms with van der Waals surface area (Å²) in [5, 5.41) is 0. The van der Waals surface area contributed by atoms with Crippen molar-refractivity contribution in [3.63, 3.8) is 0 Å². The van der Waals surface area contributed by atoms with Gasteiger partial charge in [-0.15, -0.1) is 0 Å². The molecule has 1 rings (SSSR count). The smallest absolute Gasteiger partial charge is 0.0417 e. The summed E-state index contributed by atoms with van der Waals surface area (Å²) in [4.78, 5) is 6.83. The number of nitrogens with zero attached hydrogens (tertiary/aromatic N) is 2. The van der Waals surface area contributed by atoms with Crippen LogP contribution < -0.4 is 0 Å². The molecule has 0 amide bonds. The molecule has 1 heterocycles. The van der Waals surface area contributed by atoms with Crippen LogP contribution in [0, 0.1) is 6.92 Å². The van der Waals surface area contributed by atoms with E-state index in [4.69, 9.17) is 0 Å². The quantitative estimate of drug-likeness (QED) is 0.711. The van der Waals surface area contributed by atoms with Gasteiger partial charge in [0.15, 0.2) is 0 Å². The van der Waals surface area contributed by atoms with Gasteiger partial charge in [-0.3, -0.25) is 9.88 Å². The van der Waals surface area contributed by atoms with Gasteiger partial charge in [0.05, 0.1) is 0 Å². The van der Waals surface area contributed by atoms with Crippen LogP contribution in [0.5, 0.6) is 0 Å². The van der Waals surface area contributed by atoms with Crippen molar-refractivity contribution in [1.29, 1.82) is 0 Å². The molecule has 0 aliphatic rings. The van der Waals surface area contributed by atoms with E-state index < -0.39 is 0 Å². The van der Waals surface area contributed by atoms with Crippen LogP contribution in [0.1, 0.15) is 37.9 Å². The fourth-order valence-corrected chi connectivity index (χ4v) is 1.83. The normalized spacial score (nSPS) is 10.9. The van der Waals surface area contributed by atoms with E-state index in [0.29, 0.717) is 0 Å². The van der Waals surface area contributed by atoms with Gasteiger partial charge in [0.1, 0.15) is 0 Å². The molecule has 0 N–H and O–H groups in total. The minimum atomic E-state index is 1.04. The molecule has 0 bridgehead atoms. The number of rotatable bonds is 6. The minimum absolute atomic E-state index is 1.04. The van der Waals surface area contributed by atoms with E-state index in [1.165, 1.54) is 31.5 Å². The van der Waals surface area contributed by atoms with Crippen LogP contribution >= 0.6 is 0 Å². The van der Waals surface area contributed by atoms with Crippen LogP contribution in [0.3, 0.4) is 0 Å². The predicted molar refractivity (Wildman–Crippen MR) is 64.8 cm³/mol. The van der Waals surface area contributed by atoms with E-state index in [-0.39, 0.29) is 0 Å². The van der Waals surface area contributed by atoms with Crippen molar-refractivity contribution >= 4 is 0 Å². The van der Waals surface area contributed by atoms with Gasteiger partial charge in [-0.05, 0) is 44.5 Å². The van der Waals surface area contributed by atoms with Crippen LogP contribution in [0.4, 0.5) is 0 Å². The van der Waals surface area contributed by atoms with E-state index in [1.54, 1.807) is 0 Å². The molecule has 0 unspecified atom stereocenters. The average Bonchev–Trinajstić information content (AvgIpc) is 2.22. The number of aryl methyl sites for hydroxylation is 1. The Bertz CT molecular complexity index is 278. The lowest BCUT2D eigenvalue weighted by atomic mass is 10.2. The van der Waals surface area contributed by atoms with E-state index >= 15 is 0 Å². The maximum absolute atomic E-state index is 4.33. The minimum Gasteiger partial charge on any atom is -0.299 e. The summed E-state index contributed by atoms with van der Waals surface area (Å²) in [6.07, 6.45) is 4.31. The molecule has 0 aliphatic heterocycles. The molecule has 0 saturated carbocycles. The third-order valence-corrected chi connectivity index (χ3v) is 2.59. The first-order valence-electron chi connectivity index (χ1n) is 5.90. The SMILES string of the molecule is CCCN(CCC)Cc1cccnc1C. The lowest BCUT2D eigenvalue weighted by Gasteiger charge is -2.21. The van der Waals surface area contributed by atoms with Gasteiger partial charge >= 0.3 is 0 Å². The molecular formula is C13H22N2. The lowest BCUT2D eigenvalue weighted by molar-refractivity contribution is 0.265. The highest BCUT2D eigenvalue weighted by Gasteiger charge is 2.05.